The molecule has 0 spiro atoms. The molecular weight excluding hydrogens is 270 g/mol. The Labute approximate surface area is 115 Å². The summed E-state index contributed by atoms with van der Waals surface area (Å²) in [5.74, 6) is -1.11. The largest absolute Gasteiger partial charge is 0.490 e. The van der Waals surface area contributed by atoms with Crippen LogP contribution in [0.5, 0.6) is 5.75 Å². The van der Waals surface area contributed by atoms with Crippen LogP contribution in [0.4, 0.5) is 0 Å². The number of para-hydroxylation sites is 1. The molecule has 0 aromatic heterocycles. The third-order valence-electron chi connectivity index (χ3n) is 3.02. The van der Waals surface area contributed by atoms with E-state index in [-0.39, 0.29) is 18.9 Å². The molecule has 1 aliphatic rings. The zero-order valence-electron chi connectivity index (χ0n) is 10.2. The van der Waals surface area contributed by atoms with Crippen LogP contribution in [0.3, 0.4) is 0 Å². The van der Waals surface area contributed by atoms with Crippen molar-refractivity contribution in [3.63, 3.8) is 0 Å². The van der Waals surface area contributed by atoms with Gasteiger partial charge in [-0.25, -0.2) is 0 Å². The molecule has 1 aromatic rings. The lowest BCUT2D eigenvalue weighted by Gasteiger charge is -2.16. The molecule has 1 aromatic carbocycles. The van der Waals surface area contributed by atoms with E-state index in [4.69, 9.17) is 21.4 Å². The quantitative estimate of drug-likeness (QED) is 0.892. The lowest BCUT2D eigenvalue weighted by atomic mass is 10.1. The van der Waals surface area contributed by atoms with Gasteiger partial charge in [0, 0.05) is 13.0 Å². The third-order valence-corrected chi connectivity index (χ3v) is 3.33. The molecule has 1 N–H and O–H groups in total. The molecule has 1 fully saturated rings. The monoisotopic (exact) mass is 283 g/mol. The molecule has 19 heavy (non-hydrogen) atoms. The number of carboxylic acid groups (broad SMARTS) is 1. The summed E-state index contributed by atoms with van der Waals surface area (Å²) in [6, 6.07) is 7.08. The standard InChI is InChI=1S/C13H14ClNO4/c14-10-3-1-2-4-11(10)19-6-5-15-8-9(13(17)18)7-12(15)16/h1-4,9H,5-8H2,(H,17,18)/t9-/m1/s1. The highest BCUT2D eigenvalue weighted by atomic mass is 35.5. The van der Waals surface area contributed by atoms with E-state index in [0.29, 0.717) is 23.9 Å². The summed E-state index contributed by atoms with van der Waals surface area (Å²) < 4.78 is 5.47. The van der Waals surface area contributed by atoms with Crippen molar-refractivity contribution in [2.45, 2.75) is 6.42 Å². The van der Waals surface area contributed by atoms with Gasteiger partial charge >= 0.3 is 5.97 Å². The van der Waals surface area contributed by atoms with Crippen molar-refractivity contribution in [3.05, 3.63) is 29.3 Å². The van der Waals surface area contributed by atoms with Crippen LogP contribution in [-0.4, -0.2) is 41.6 Å². The number of likely N-dealkylation sites (tertiary alicyclic amines) is 1. The number of benzene rings is 1. The van der Waals surface area contributed by atoms with E-state index in [0.717, 1.165) is 0 Å². The lowest BCUT2D eigenvalue weighted by molar-refractivity contribution is -0.141. The summed E-state index contributed by atoms with van der Waals surface area (Å²) in [6.45, 7) is 0.912. The maximum atomic E-state index is 11.6. The van der Waals surface area contributed by atoms with Crippen LogP contribution in [0.1, 0.15) is 6.42 Å². The number of carbonyl (C=O) groups excluding carboxylic acids is 1. The summed E-state index contributed by atoms with van der Waals surface area (Å²) >= 11 is 5.93. The van der Waals surface area contributed by atoms with Gasteiger partial charge in [0.05, 0.1) is 17.5 Å². The second kappa shape index (κ2) is 5.93. The Balaban J connectivity index is 1.82. The molecule has 0 radical (unpaired) electrons. The van der Waals surface area contributed by atoms with Crippen LogP contribution in [0, 0.1) is 5.92 Å². The van der Waals surface area contributed by atoms with Gasteiger partial charge in [-0.15, -0.1) is 0 Å². The number of nitrogens with zero attached hydrogens (tertiary/aromatic N) is 1. The molecule has 1 saturated heterocycles. The number of aliphatic carboxylic acids is 1. The molecule has 2 rings (SSSR count). The van der Waals surface area contributed by atoms with Crippen LogP contribution >= 0.6 is 11.6 Å². The van der Waals surface area contributed by atoms with Gasteiger partial charge in [-0.3, -0.25) is 9.59 Å². The molecule has 5 nitrogen and oxygen atoms in total. The topological polar surface area (TPSA) is 66.8 Å². The fourth-order valence-corrected chi connectivity index (χ4v) is 2.17. The van der Waals surface area contributed by atoms with Gasteiger partial charge < -0.3 is 14.7 Å². The Kier molecular flexibility index (Phi) is 4.27. The second-order valence-electron chi connectivity index (χ2n) is 4.36. The Morgan fingerprint density at radius 3 is 2.84 bits per heavy atom. The molecule has 1 heterocycles. The number of carbonyl (C=O) groups is 2. The first-order valence-corrected chi connectivity index (χ1v) is 6.33. The second-order valence-corrected chi connectivity index (χ2v) is 4.77. The first kappa shape index (κ1) is 13.7. The Morgan fingerprint density at radius 1 is 1.47 bits per heavy atom. The molecule has 1 atom stereocenters. The van der Waals surface area contributed by atoms with E-state index in [2.05, 4.69) is 0 Å². The van der Waals surface area contributed by atoms with E-state index in [1.165, 1.54) is 4.90 Å². The first-order chi connectivity index (χ1) is 9.08. The van der Waals surface area contributed by atoms with Crippen LogP contribution in [0.15, 0.2) is 24.3 Å². The van der Waals surface area contributed by atoms with Gasteiger partial charge in [0.1, 0.15) is 12.4 Å². The summed E-state index contributed by atoms with van der Waals surface area (Å²) in [6.07, 6.45) is 0.0709. The van der Waals surface area contributed by atoms with Crippen molar-refractivity contribution in [1.82, 2.24) is 4.90 Å². The van der Waals surface area contributed by atoms with Crippen LogP contribution in [-0.2, 0) is 9.59 Å². The van der Waals surface area contributed by atoms with E-state index >= 15 is 0 Å². The van der Waals surface area contributed by atoms with Crippen molar-refractivity contribution in [3.8, 4) is 5.75 Å². The van der Waals surface area contributed by atoms with Crippen molar-refractivity contribution in [2.24, 2.45) is 5.92 Å². The molecule has 1 amide bonds. The number of amides is 1. The molecule has 102 valence electrons. The minimum Gasteiger partial charge on any atom is -0.490 e. The minimum atomic E-state index is -0.928. The van der Waals surface area contributed by atoms with E-state index in [1.54, 1.807) is 18.2 Å². The summed E-state index contributed by atoms with van der Waals surface area (Å²) in [5, 5.41) is 9.37. The summed E-state index contributed by atoms with van der Waals surface area (Å²) in [5.41, 5.74) is 0. The van der Waals surface area contributed by atoms with Crippen molar-refractivity contribution in [2.75, 3.05) is 19.7 Å². The number of carboxylic acids is 1. The number of halogens is 1. The average Bonchev–Trinajstić information content (AvgIpc) is 2.74. The minimum absolute atomic E-state index is 0.0709. The number of rotatable bonds is 5. The predicted molar refractivity (Wildman–Crippen MR) is 69.3 cm³/mol. The highest BCUT2D eigenvalue weighted by Gasteiger charge is 2.33. The highest BCUT2D eigenvalue weighted by molar-refractivity contribution is 6.32. The molecule has 0 unspecified atom stereocenters. The third kappa shape index (κ3) is 3.38. The number of hydrogen-bond acceptors (Lipinski definition) is 3. The highest BCUT2D eigenvalue weighted by Crippen LogP contribution is 2.23. The van der Waals surface area contributed by atoms with Crippen LogP contribution in [0.2, 0.25) is 5.02 Å². The summed E-state index contributed by atoms with van der Waals surface area (Å²) in [7, 11) is 0. The van der Waals surface area contributed by atoms with Gasteiger partial charge in [-0.1, -0.05) is 23.7 Å². The normalized spacial score (nSPS) is 18.7. The van der Waals surface area contributed by atoms with E-state index in [1.807, 2.05) is 6.07 Å². The fourth-order valence-electron chi connectivity index (χ4n) is 1.98. The maximum absolute atomic E-state index is 11.6. The van der Waals surface area contributed by atoms with Crippen molar-refractivity contribution in [1.29, 1.82) is 0 Å². The van der Waals surface area contributed by atoms with E-state index in [9.17, 15) is 9.59 Å². The van der Waals surface area contributed by atoms with Gasteiger partial charge in [0.2, 0.25) is 5.91 Å². The molecule has 6 heteroatoms. The van der Waals surface area contributed by atoms with Gasteiger partial charge in [0.15, 0.2) is 0 Å². The lowest BCUT2D eigenvalue weighted by Crippen LogP contribution is -2.30. The van der Waals surface area contributed by atoms with Crippen molar-refractivity contribution < 1.29 is 19.4 Å². The Hall–Kier alpha value is -1.75. The molecule has 1 aliphatic heterocycles. The number of ether oxygens (including phenoxy) is 1. The van der Waals surface area contributed by atoms with Gasteiger partial charge in [0.25, 0.3) is 0 Å². The Morgan fingerprint density at radius 2 is 2.21 bits per heavy atom. The maximum Gasteiger partial charge on any atom is 0.308 e. The predicted octanol–water partition coefficient (Wildman–Crippen LogP) is 1.65. The summed E-state index contributed by atoms with van der Waals surface area (Å²) in [4.78, 5) is 23.9. The van der Waals surface area contributed by atoms with Gasteiger partial charge in [-0.2, -0.15) is 0 Å². The molecule has 0 aliphatic carbocycles. The zero-order valence-corrected chi connectivity index (χ0v) is 11.0. The molecular formula is C13H14ClNO4. The van der Waals surface area contributed by atoms with E-state index < -0.39 is 11.9 Å². The number of hydrogen-bond donors (Lipinski definition) is 1. The van der Waals surface area contributed by atoms with Crippen LogP contribution in [0.25, 0.3) is 0 Å². The van der Waals surface area contributed by atoms with Gasteiger partial charge in [-0.05, 0) is 12.1 Å². The molecule has 0 bridgehead atoms. The fraction of sp³-hybridized carbons (Fsp3) is 0.385. The van der Waals surface area contributed by atoms with Crippen LogP contribution < -0.4 is 4.74 Å². The smallest absolute Gasteiger partial charge is 0.308 e. The van der Waals surface area contributed by atoms with Crippen molar-refractivity contribution >= 4 is 23.5 Å². The first-order valence-electron chi connectivity index (χ1n) is 5.96. The Bertz CT molecular complexity index is 491. The SMILES string of the molecule is O=C(O)[C@@H]1CC(=O)N(CCOc2ccccc2Cl)C1. The zero-order chi connectivity index (χ0) is 13.8. The average molecular weight is 284 g/mol. The molecule has 0 saturated carbocycles.